The first-order chi connectivity index (χ1) is 7.29. The maximum Gasteiger partial charge on any atom is 0.0614 e. The lowest BCUT2D eigenvalue weighted by Crippen LogP contribution is -2.38. The molecule has 2 unspecified atom stereocenters. The zero-order valence-electron chi connectivity index (χ0n) is 9.80. The molecule has 88 valence electrons. The van der Waals surface area contributed by atoms with Gasteiger partial charge in [-0.1, -0.05) is 41.6 Å². The topological polar surface area (TPSA) is 9.23 Å². The first-order valence-electron chi connectivity index (χ1n) is 6.47. The largest absolute Gasteiger partial charge is 0.378 e. The van der Waals surface area contributed by atoms with Gasteiger partial charge in [0, 0.05) is 17.4 Å². The third-order valence-corrected chi connectivity index (χ3v) is 5.71. The van der Waals surface area contributed by atoms with Crippen LogP contribution in [0.15, 0.2) is 0 Å². The van der Waals surface area contributed by atoms with Crippen molar-refractivity contribution in [2.24, 2.45) is 11.3 Å². The molecule has 1 nitrogen and oxygen atoms in total. The van der Waals surface area contributed by atoms with Crippen LogP contribution in [-0.4, -0.2) is 18.0 Å². The standard InChI is InChI=1S/C13H23BrO/c1-11-13(10-14,8-9-15-11)12-6-4-2-3-5-7-12/h11-12H,2-10H2,1H3. The summed E-state index contributed by atoms with van der Waals surface area (Å²) in [4.78, 5) is 0. The molecule has 2 fully saturated rings. The Morgan fingerprint density at radius 3 is 2.33 bits per heavy atom. The van der Waals surface area contributed by atoms with Crippen LogP contribution in [0, 0.1) is 11.3 Å². The van der Waals surface area contributed by atoms with Gasteiger partial charge in [-0.05, 0) is 32.1 Å². The molecule has 0 bridgehead atoms. The molecule has 0 aromatic rings. The third-order valence-electron chi connectivity index (χ3n) is 4.66. The van der Waals surface area contributed by atoms with Crippen LogP contribution in [0.4, 0.5) is 0 Å². The molecule has 2 atom stereocenters. The van der Waals surface area contributed by atoms with Crippen LogP contribution < -0.4 is 0 Å². The van der Waals surface area contributed by atoms with Crippen LogP contribution >= 0.6 is 15.9 Å². The van der Waals surface area contributed by atoms with E-state index in [0.29, 0.717) is 11.5 Å². The van der Waals surface area contributed by atoms with Gasteiger partial charge >= 0.3 is 0 Å². The van der Waals surface area contributed by atoms with Crippen LogP contribution in [0.3, 0.4) is 0 Å². The maximum absolute atomic E-state index is 5.82. The fourth-order valence-corrected chi connectivity index (χ4v) is 4.66. The van der Waals surface area contributed by atoms with Gasteiger partial charge in [0.2, 0.25) is 0 Å². The van der Waals surface area contributed by atoms with Crippen molar-refractivity contribution in [3.05, 3.63) is 0 Å². The van der Waals surface area contributed by atoms with Crippen LogP contribution in [-0.2, 0) is 4.74 Å². The molecular formula is C13H23BrO. The monoisotopic (exact) mass is 274 g/mol. The van der Waals surface area contributed by atoms with E-state index in [1.54, 1.807) is 0 Å². The molecule has 1 heterocycles. The fraction of sp³-hybridized carbons (Fsp3) is 1.00. The summed E-state index contributed by atoms with van der Waals surface area (Å²) in [6.45, 7) is 3.25. The van der Waals surface area contributed by atoms with Gasteiger partial charge in [-0.25, -0.2) is 0 Å². The van der Waals surface area contributed by atoms with Gasteiger partial charge < -0.3 is 4.74 Å². The van der Waals surface area contributed by atoms with Gasteiger partial charge in [0.05, 0.1) is 6.10 Å². The minimum Gasteiger partial charge on any atom is -0.378 e. The summed E-state index contributed by atoms with van der Waals surface area (Å²) in [5.74, 6) is 0.900. The van der Waals surface area contributed by atoms with Crippen molar-refractivity contribution < 1.29 is 4.74 Å². The zero-order chi connectivity index (χ0) is 10.7. The Hall–Kier alpha value is 0.440. The second-order valence-corrected chi connectivity index (χ2v) is 5.88. The lowest BCUT2D eigenvalue weighted by atomic mass is 9.69. The summed E-state index contributed by atoms with van der Waals surface area (Å²) in [7, 11) is 0. The van der Waals surface area contributed by atoms with Crippen molar-refractivity contribution in [1.29, 1.82) is 0 Å². The predicted octanol–water partition coefficient (Wildman–Crippen LogP) is 4.15. The van der Waals surface area contributed by atoms with Crippen molar-refractivity contribution in [2.45, 2.75) is 58.0 Å². The van der Waals surface area contributed by atoms with Crippen LogP contribution in [0.5, 0.6) is 0 Å². The Labute approximate surface area is 102 Å². The molecule has 1 saturated heterocycles. The molecule has 1 aliphatic carbocycles. The molecule has 2 aliphatic rings. The molecule has 0 radical (unpaired) electrons. The second-order valence-electron chi connectivity index (χ2n) is 5.32. The van der Waals surface area contributed by atoms with E-state index >= 15 is 0 Å². The normalized spacial score (nSPS) is 39.2. The molecule has 2 rings (SSSR count). The smallest absolute Gasteiger partial charge is 0.0614 e. The van der Waals surface area contributed by atoms with E-state index in [9.17, 15) is 0 Å². The minimum absolute atomic E-state index is 0.449. The quantitative estimate of drug-likeness (QED) is 0.543. The molecular weight excluding hydrogens is 252 g/mol. The van der Waals surface area contributed by atoms with Gasteiger partial charge in [-0.15, -0.1) is 0 Å². The molecule has 1 saturated carbocycles. The van der Waals surface area contributed by atoms with Crippen LogP contribution in [0.2, 0.25) is 0 Å². The number of hydrogen-bond donors (Lipinski definition) is 0. The Kier molecular flexibility index (Phi) is 4.11. The minimum atomic E-state index is 0.449. The van der Waals surface area contributed by atoms with Crippen LogP contribution in [0.1, 0.15) is 51.9 Å². The van der Waals surface area contributed by atoms with Gasteiger partial charge in [-0.2, -0.15) is 0 Å². The van der Waals surface area contributed by atoms with Crippen molar-refractivity contribution in [3.63, 3.8) is 0 Å². The molecule has 15 heavy (non-hydrogen) atoms. The van der Waals surface area contributed by atoms with E-state index in [-0.39, 0.29) is 0 Å². The molecule has 0 aromatic heterocycles. The molecule has 0 amide bonds. The molecule has 1 aliphatic heterocycles. The average Bonchev–Trinajstić information content (AvgIpc) is 2.49. The number of alkyl halides is 1. The highest BCUT2D eigenvalue weighted by Crippen LogP contribution is 2.48. The highest BCUT2D eigenvalue weighted by molar-refractivity contribution is 9.09. The highest BCUT2D eigenvalue weighted by atomic mass is 79.9. The summed E-state index contributed by atoms with van der Waals surface area (Å²) in [5, 5.41) is 1.13. The zero-order valence-corrected chi connectivity index (χ0v) is 11.4. The lowest BCUT2D eigenvalue weighted by molar-refractivity contribution is 0.0380. The van der Waals surface area contributed by atoms with Gasteiger partial charge in [0.15, 0.2) is 0 Å². The summed E-state index contributed by atoms with van der Waals surface area (Å²) < 4.78 is 5.82. The van der Waals surface area contributed by atoms with Crippen LogP contribution in [0.25, 0.3) is 0 Å². The van der Waals surface area contributed by atoms with Crippen molar-refractivity contribution in [2.75, 3.05) is 11.9 Å². The predicted molar refractivity (Wildman–Crippen MR) is 67.5 cm³/mol. The first kappa shape index (κ1) is 11.9. The average molecular weight is 275 g/mol. The van der Waals surface area contributed by atoms with Crippen molar-refractivity contribution in [3.8, 4) is 0 Å². The van der Waals surface area contributed by atoms with Crippen molar-refractivity contribution >= 4 is 15.9 Å². The number of ether oxygens (including phenoxy) is 1. The molecule has 2 heteroatoms. The Bertz CT molecular complexity index is 199. The van der Waals surface area contributed by atoms with Gasteiger partial charge in [0.1, 0.15) is 0 Å². The van der Waals surface area contributed by atoms with Gasteiger partial charge in [0.25, 0.3) is 0 Å². The Morgan fingerprint density at radius 1 is 1.20 bits per heavy atom. The number of rotatable bonds is 2. The van der Waals surface area contributed by atoms with E-state index in [1.165, 1.54) is 44.9 Å². The summed E-state index contributed by atoms with van der Waals surface area (Å²) in [6, 6.07) is 0. The molecule has 0 N–H and O–H groups in total. The summed E-state index contributed by atoms with van der Waals surface area (Å²) in [5.41, 5.74) is 0.449. The lowest BCUT2D eigenvalue weighted by Gasteiger charge is -2.38. The van der Waals surface area contributed by atoms with E-state index in [0.717, 1.165) is 17.9 Å². The highest BCUT2D eigenvalue weighted by Gasteiger charge is 2.46. The third kappa shape index (κ3) is 2.26. The number of halogens is 1. The fourth-order valence-electron chi connectivity index (χ4n) is 3.47. The second kappa shape index (κ2) is 5.18. The van der Waals surface area contributed by atoms with Crippen molar-refractivity contribution in [1.82, 2.24) is 0 Å². The maximum atomic E-state index is 5.82. The SMILES string of the molecule is CC1OCCC1(CBr)C1CCCCCC1. The van der Waals surface area contributed by atoms with E-state index in [2.05, 4.69) is 22.9 Å². The Balaban J connectivity index is 2.09. The van der Waals surface area contributed by atoms with E-state index in [1.807, 2.05) is 0 Å². The van der Waals surface area contributed by atoms with Gasteiger partial charge in [-0.3, -0.25) is 0 Å². The van der Waals surface area contributed by atoms with E-state index < -0.39 is 0 Å². The molecule has 0 aromatic carbocycles. The number of hydrogen-bond acceptors (Lipinski definition) is 1. The summed E-state index contributed by atoms with van der Waals surface area (Å²) in [6.07, 6.45) is 10.4. The molecule has 0 spiro atoms. The summed E-state index contributed by atoms with van der Waals surface area (Å²) >= 11 is 3.75. The first-order valence-corrected chi connectivity index (χ1v) is 7.59. The Morgan fingerprint density at radius 2 is 1.87 bits per heavy atom. The van der Waals surface area contributed by atoms with E-state index in [4.69, 9.17) is 4.74 Å².